The lowest BCUT2D eigenvalue weighted by atomic mass is 9.76. The Bertz CT molecular complexity index is 880. The molecule has 130 valence electrons. The van der Waals surface area contributed by atoms with Gasteiger partial charge in [-0.15, -0.1) is 0 Å². The van der Waals surface area contributed by atoms with Crippen molar-refractivity contribution in [2.24, 2.45) is 0 Å². The SMILES string of the molecule is COC(=O)N1CCc2cc(OC)c(O)c3c2C1Cc1ccc(F)cc1-3. The highest BCUT2D eigenvalue weighted by atomic mass is 19.1. The average Bonchev–Trinajstić information content (AvgIpc) is 2.63. The zero-order valence-corrected chi connectivity index (χ0v) is 14.0. The normalized spacial score (nSPS) is 17.6. The van der Waals surface area contributed by atoms with Crippen molar-refractivity contribution < 1.29 is 23.8 Å². The number of aromatic hydroxyl groups is 1. The van der Waals surface area contributed by atoms with Crippen LogP contribution in [0.2, 0.25) is 0 Å². The maximum atomic E-state index is 13.9. The fourth-order valence-electron chi connectivity index (χ4n) is 4.00. The molecule has 1 unspecified atom stereocenters. The summed E-state index contributed by atoms with van der Waals surface area (Å²) in [6.07, 6.45) is 0.772. The number of carbonyl (C=O) groups excluding carboxylic acids is 1. The summed E-state index contributed by atoms with van der Waals surface area (Å²) in [5, 5.41) is 10.7. The van der Waals surface area contributed by atoms with E-state index < -0.39 is 6.09 Å². The highest BCUT2D eigenvalue weighted by molar-refractivity contribution is 5.84. The molecule has 0 radical (unpaired) electrons. The molecule has 0 aromatic heterocycles. The molecular formula is C19H18FNO4. The van der Waals surface area contributed by atoms with Gasteiger partial charge in [0.1, 0.15) is 5.82 Å². The molecule has 1 atom stereocenters. The third-order valence-electron chi connectivity index (χ3n) is 5.11. The summed E-state index contributed by atoms with van der Waals surface area (Å²) in [5.74, 6) is -0.0329. The van der Waals surface area contributed by atoms with Gasteiger partial charge in [-0.3, -0.25) is 0 Å². The van der Waals surface area contributed by atoms with Gasteiger partial charge in [0.15, 0.2) is 11.5 Å². The number of hydrogen-bond acceptors (Lipinski definition) is 4. The minimum absolute atomic E-state index is 0.0236. The molecule has 1 aliphatic carbocycles. The van der Waals surface area contributed by atoms with Crippen LogP contribution in [-0.4, -0.2) is 36.9 Å². The van der Waals surface area contributed by atoms with E-state index in [0.29, 0.717) is 36.3 Å². The molecule has 0 fully saturated rings. The predicted molar refractivity (Wildman–Crippen MR) is 89.3 cm³/mol. The van der Waals surface area contributed by atoms with Crippen LogP contribution in [0.25, 0.3) is 11.1 Å². The predicted octanol–water partition coefficient (Wildman–Crippen LogP) is 3.43. The zero-order valence-electron chi connectivity index (χ0n) is 14.0. The van der Waals surface area contributed by atoms with E-state index in [2.05, 4.69) is 0 Å². The Morgan fingerprint density at radius 2 is 2.08 bits per heavy atom. The lowest BCUT2D eigenvalue weighted by molar-refractivity contribution is 0.100. The number of ether oxygens (including phenoxy) is 2. The minimum Gasteiger partial charge on any atom is -0.504 e. The van der Waals surface area contributed by atoms with Crippen molar-refractivity contribution in [3.05, 3.63) is 46.8 Å². The van der Waals surface area contributed by atoms with Gasteiger partial charge in [-0.1, -0.05) is 6.07 Å². The van der Waals surface area contributed by atoms with Crippen LogP contribution < -0.4 is 4.74 Å². The lowest BCUT2D eigenvalue weighted by Crippen LogP contribution is -2.42. The Balaban J connectivity index is 2.01. The van der Waals surface area contributed by atoms with Gasteiger partial charge in [0.25, 0.3) is 0 Å². The number of amides is 1. The highest BCUT2D eigenvalue weighted by Gasteiger charge is 2.39. The molecule has 2 aromatic carbocycles. The summed E-state index contributed by atoms with van der Waals surface area (Å²) >= 11 is 0. The second kappa shape index (κ2) is 5.65. The number of nitrogens with zero attached hydrogens (tertiary/aromatic N) is 1. The van der Waals surface area contributed by atoms with Gasteiger partial charge in [-0.25, -0.2) is 9.18 Å². The Morgan fingerprint density at radius 1 is 1.28 bits per heavy atom. The van der Waals surface area contributed by atoms with Crippen LogP contribution in [0.15, 0.2) is 24.3 Å². The van der Waals surface area contributed by atoms with Gasteiger partial charge >= 0.3 is 6.09 Å². The summed E-state index contributed by atoms with van der Waals surface area (Å²) < 4.78 is 24.1. The first-order valence-corrected chi connectivity index (χ1v) is 8.11. The van der Waals surface area contributed by atoms with Crippen LogP contribution in [-0.2, 0) is 17.6 Å². The molecule has 4 rings (SSSR count). The third-order valence-corrected chi connectivity index (χ3v) is 5.11. The van der Waals surface area contributed by atoms with Crippen molar-refractivity contribution in [2.75, 3.05) is 20.8 Å². The number of fused-ring (bicyclic) bond motifs is 2. The number of benzene rings is 2. The zero-order chi connectivity index (χ0) is 17.7. The lowest BCUT2D eigenvalue weighted by Gasteiger charge is -2.41. The molecule has 0 saturated heterocycles. The van der Waals surface area contributed by atoms with Crippen molar-refractivity contribution in [2.45, 2.75) is 18.9 Å². The van der Waals surface area contributed by atoms with Gasteiger partial charge in [-0.05, 0) is 53.3 Å². The Labute approximate surface area is 144 Å². The summed E-state index contributed by atoms with van der Waals surface area (Å²) in [6.45, 7) is 0.522. The van der Waals surface area contributed by atoms with Crippen LogP contribution in [0.4, 0.5) is 9.18 Å². The standard InChI is InChI=1S/C19H18FNO4/c1-24-15-8-11-5-6-21(19(23)25-2)14-7-10-3-4-12(20)9-13(10)17(16(11)14)18(15)22/h3-4,8-9,14,22H,5-7H2,1-2H3. The highest BCUT2D eigenvalue weighted by Crippen LogP contribution is 2.52. The molecule has 1 amide bonds. The molecule has 0 bridgehead atoms. The number of rotatable bonds is 1. The van der Waals surface area contributed by atoms with E-state index in [9.17, 15) is 14.3 Å². The minimum atomic E-state index is -0.400. The second-order valence-electron chi connectivity index (χ2n) is 6.31. The molecule has 0 saturated carbocycles. The van der Waals surface area contributed by atoms with Crippen LogP contribution in [0.5, 0.6) is 11.5 Å². The second-order valence-corrected chi connectivity index (χ2v) is 6.31. The maximum Gasteiger partial charge on any atom is 0.410 e. The molecule has 2 aliphatic rings. The topological polar surface area (TPSA) is 59.0 Å². The van der Waals surface area contributed by atoms with E-state index in [4.69, 9.17) is 9.47 Å². The average molecular weight is 343 g/mol. The van der Waals surface area contributed by atoms with E-state index in [0.717, 1.165) is 16.7 Å². The third kappa shape index (κ3) is 2.24. The quantitative estimate of drug-likeness (QED) is 0.862. The van der Waals surface area contributed by atoms with E-state index in [1.165, 1.54) is 26.4 Å². The molecule has 0 spiro atoms. The number of methoxy groups -OCH3 is 2. The van der Waals surface area contributed by atoms with Gasteiger partial charge in [0.05, 0.1) is 20.3 Å². The van der Waals surface area contributed by atoms with Crippen molar-refractivity contribution in [1.82, 2.24) is 4.90 Å². The van der Waals surface area contributed by atoms with Crippen molar-refractivity contribution in [3.63, 3.8) is 0 Å². The summed E-state index contributed by atoms with van der Waals surface area (Å²) in [7, 11) is 2.85. The molecule has 6 heteroatoms. The molecule has 2 aromatic rings. The number of carbonyl (C=O) groups is 1. The molecule has 1 N–H and O–H groups in total. The van der Waals surface area contributed by atoms with Gasteiger partial charge in [0.2, 0.25) is 0 Å². The fourth-order valence-corrected chi connectivity index (χ4v) is 4.00. The van der Waals surface area contributed by atoms with Crippen LogP contribution in [0.1, 0.15) is 22.7 Å². The first kappa shape index (κ1) is 15.7. The summed E-state index contributed by atoms with van der Waals surface area (Å²) in [5.41, 5.74) is 3.94. The molecule has 5 nitrogen and oxygen atoms in total. The van der Waals surface area contributed by atoms with Crippen LogP contribution in [0, 0.1) is 5.82 Å². The van der Waals surface area contributed by atoms with Crippen molar-refractivity contribution >= 4 is 6.09 Å². The van der Waals surface area contributed by atoms with Crippen LogP contribution >= 0.6 is 0 Å². The van der Waals surface area contributed by atoms with Gasteiger partial charge < -0.3 is 19.5 Å². The van der Waals surface area contributed by atoms with E-state index in [1.54, 1.807) is 17.0 Å². The number of phenols is 1. The van der Waals surface area contributed by atoms with E-state index in [-0.39, 0.29) is 17.6 Å². The van der Waals surface area contributed by atoms with E-state index in [1.807, 2.05) is 0 Å². The molecule has 1 aliphatic heterocycles. The summed E-state index contributed by atoms with van der Waals surface area (Å²) in [4.78, 5) is 13.9. The maximum absolute atomic E-state index is 13.9. The first-order chi connectivity index (χ1) is 12.0. The summed E-state index contributed by atoms with van der Waals surface area (Å²) in [6, 6.07) is 6.09. The fraction of sp³-hybridized carbons (Fsp3) is 0.316. The molecular weight excluding hydrogens is 325 g/mol. The Morgan fingerprint density at radius 3 is 2.80 bits per heavy atom. The van der Waals surface area contributed by atoms with Crippen molar-refractivity contribution in [1.29, 1.82) is 0 Å². The number of hydrogen-bond donors (Lipinski definition) is 1. The van der Waals surface area contributed by atoms with Crippen molar-refractivity contribution in [3.8, 4) is 22.6 Å². The van der Waals surface area contributed by atoms with Gasteiger partial charge in [-0.2, -0.15) is 0 Å². The van der Waals surface area contributed by atoms with E-state index >= 15 is 0 Å². The van der Waals surface area contributed by atoms with Crippen LogP contribution in [0.3, 0.4) is 0 Å². The number of phenolic OH excluding ortho intramolecular Hbond substituents is 1. The van der Waals surface area contributed by atoms with Gasteiger partial charge in [0, 0.05) is 12.1 Å². The monoisotopic (exact) mass is 343 g/mol. The number of halogens is 1. The smallest absolute Gasteiger partial charge is 0.410 e. The molecule has 1 heterocycles. The Kier molecular flexibility index (Phi) is 3.56. The first-order valence-electron chi connectivity index (χ1n) is 8.11. The largest absolute Gasteiger partial charge is 0.504 e. The molecule has 25 heavy (non-hydrogen) atoms. The Hall–Kier alpha value is -2.76.